The number of hydrogen-bond donors (Lipinski definition) is 2. The Hall–Kier alpha value is -0.930. The van der Waals surface area contributed by atoms with Crippen molar-refractivity contribution < 1.29 is 9.66 Å². The molecule has 4 unspecified atom stereocenters. The molecule has 0 bridgehead atoms. The predicted molar refractivity (Wildman–Crippen MR) is 83.7 cm³/mol. The molecule has 1 saturated carbocycles. The van der Waals surface area contributed by atoms with E-state index in [2.05, 4.69) is 27.9 Å². The van der Waals surface area contributed by atoms with Gasteiger partial charge in [-0.1, -0.05) is 0 Å². The summed E-state index contributed by atoms with van der Waals surface area (Å²) in [4.78, 5) is 10.3. The number of nitro benzene ring substituents is 1. The van der Waals surface area contributed by atoms with E-state index in [1.54, 1.807) is 12.1 Å². The van der Waals surface area contributed by atoms with Crippen LogP contribution in [0.4, 0.5) is 11.4 Å². The van der Waals surface area contributed by atoms with Crippen LogP contribution >= 0.6 is 22.6 Å². The first-order valence-electron chi connectivity index (χ1n) is 6.65. The Kier molecular flexibility index (Phi) is 3.83. The minimum Gasteiger partial charge on any atom is -0.377 e. The largest absolute Gasteiger partial charge is 0.377 e. The van der Waals surface area contributed by atoms with Gasteiger partial charge in [0.25, 0.3) is 5.69 Å². The van der Waals surface area contributed by atoms with Gasteiger partial charge in [-0.15, -0.1) is 0 Å². The fraction of sp³-hybridized carbons (Fsp3) is 0.538. The first-order chi connectivity index (χ1) is 9.58. The predicted octanol–water partition coefficient (Wildman–Crippen LogP) is 2.12. The molecule has 3 rings (SSSR count). The first-order valence-corrected chi connectivity index (χ1v) is 7.73. The van der Waals surface area contributed by atoms with Gasteiger partial charge < -0.3 is 15.8 Å². The average molecular weight is 389 g/mol. The van der Waals surface area contributed by atoms with Crippen molar-refractivity contribution in [3.8, 4) is 0 Å². The van der Waals surface area contributed by atoms with Crippen LogP contribution in [0.3, 0.4) is 0 Å². The molecule has 108 valence electrons. The summed E-state index contributed by atoms with van der Waals surface area (Å²) in [5, 5.41) is 14.1. The Bertz CT molecular complexity index is 540. The van der Waals surface area contributed by atoms with Crippen molar-refractivity contribution in [3.05, 3.63) is 31.9 Å². The van der Waals surface area contributed by atoms with Gasteiger partial charge in [0.2, 0.25) is 0 Å². The molecule has 3 N–H and O–H groups in total. The highest BCUT2D eigenvalue weighted by atomic mass is 127. The first kappa shape index (κ1) is 14.0. The smallest absolute Gasteiger partial charge is 0.270 e. The molecular weight excluding hydrogens is 373 g/mol. The van der Waals surface area contributed by atoms with Gasteiger partial charge in [0.1, 0.15) is 0 Å². The topological polar surface area (TPSA) is 90.4 Å². The van der Waals surface area contributed by atoms with Crippen LogP contribution in [0, 0.1) is 19.6 Å². The van der Waals surface area contributed by atoms with Gasteiger partial charge >= 0.3 is 0 Å². The van der Waals surface area contributed by atoms with Crippen molar-refractivity contribution in [2.24, 2.45) is 11.7 Å². The zero-order valence-electron chi connectivity index (χ0n) is 10.8. The Labute approximate surface area is 130 Å². The Balaban J connectivity index is 1.73. The standard InChI is InChI=1S/C13H16IN3O3/c14-9-6-7(17(18)19)3-4-10(9)16-12-11(15)8-2-1-5-20-13(8)12/h3-4,6,8,11-13,16H,1-2,5,15H2. The molecule has 1 heterocycles. The molecule has 4 atom stereocenters. The lowest BCUT2D eigenvalue weighted by Gasteiger charge is -2.52. The second kappa shape index (κ2) is 5.45. The molecule has 6 nitrogen and oxygen atoms in total. The summed E-state index contributed by atoms with van der Waals surface area (Å²) in [5.41, 5.74) is 7.18. The van der Waals surface area contributed by atoms with Crippen molar-refractivity contribution in [3.63, 3.8) is 0 Å². The molecule has 1 aromatic rings. The molecule has 7 heteroatoms. The number of fused-ring (bicyclic) bond motifs is 1. The van der Waals surface area contributed by atoms with Crippen molar-refractivity contribution in [2.45, 2.75) is 31.0 Å². The highest BCUT2D eigenvalue weighted by Crippen LogP contribution is 2.39. The molecule has 2 aliphatic rings. The summed E-state index contributed by atoms with van der Waals surface area (Å²) in [6.07, 6.45) is 2.38. The van der Waals surface area contributed by atoms with Gasteiger partial charge in [-0.2, -0.15) is 0 Å². The summed E-state index contributed by atoms with van der Waals surface area (Å²) in [6.45, 7) is 0.795. The van der Waals surface area contributed by atoms with Crippen molar-refractivity contribution in [1.29, 1.82) is 0 Å². The van der Waals surface area contributed by atoms with Crippen LogP contribution < -0.4 is 11.1 Å². The van der Waals surface area contributed by atoms with Crippen LogP contribution in [0.25, 0.3) is 0 Å². The van der Waals surface area contributed by atoms with Gasteiger partial charge in [-0.05, 0) is 41.5 Å². The number of nitro groups is 1. The van der Waals surface area contributed by atoms with Crippen molar-refractivity contribution in [2.75, 3.05) is 11.9 Å². The zero-order chi connectivity index (χ0) is 14.3. The molecule has 0 spiro atoms. The minimum absolute atomic E-state index is 0.0892. The Morgan fingerprint density at radius 1 is 1.50 bits per heavy atom. The molecule has 20 heavy (non-hydrogen) atoms. The Morgan fingerprint density at radius 3 is 3.00 bits per heavy atom. The van der Waals surface area contributed by atoms with Crippen LogP contribution in [0.2, 0.25) is 0 Å². The van der Waals surface area contributed by atoms with Crippen molar-refractivity contribution in [1.82, 2.24) is 0 Å². The van der Waals surface area contributed by atoms with Gasteiger partial charge in [-0.3, -0.25) is 10.1 Å². The van der Waals surface area contributed by atoms with Crippen LogP contribution in [-0.4, -0.2) is 29.7 Å². The number of rotatable bonds is 3. The van der Waals surface area contributed by atoms with Gasteiger partial charge in [0.05, 0.1) is 17.1 Å². The lowest BCUT2D eigenvalue weighted by Crippen LogP contribution is -2.69. The third-order valence-corrected chi connectivity index (χ3v) is 5.06. The molecule has 1 aliphatic carbocycles. The van der Waals surface area contributed by atoms with E-state index in [1.807, 2.05) is 0 Å². The van der Waals surface area contributed by atoms with Crippen molar-refractivity contribution >= 4 is 34.0 Å². The number of hydrogen-bond acceptors (Lipinski definition) is 5. The second-order valence-corrected chi connectivity index (χ2v) is 6.47. The maximum atomic E-state index is 10.7. The number of anilines is 1. The maximum Gasteiger partial charge on any atom is 0.270 e. The van der Waals surface area contributed by atoms with E-state index < -0.39 is 0 Å². The van der Waals surface area contributed by atoms with Crippen LogP contribution in [0.5, 0.6) is 0 Å². The van der Waals surface area contributed by atoms with E-state index in [0.717, 1.165) is 28.7 Å². The monoisotopic (exact) mass is 389 g/mol. The fourth-order valence-electron chi connectivity index (χ4n) is 3.04. The van der Waals surface area contributed by atoms with Crippen LogP contribution in [0.1, 0.15) is 12.8 Å². The van der Waals surface area contributed by atoms with Gasteiger partial charge in [-0.25, -0.2) is 0 Å². The lowest BCUT2D eigenvalue weighted by atomic mass is 9.68. The summed E-state index contributed by atoms with van der Waals surface area (Å²) >= 11 is 2.10. The third-order valence-electron chi connectivity index (χ3n) is 4.16. The van der Waals surface area contributed by atoms with E-state index in [0.29, 0.717) is 5.92 Å². The molecule has 0 radical (unpaired) electrons. The highest BCUT2D eigenvalue weighted by molar-refractivity contribution is 14.1. The van der Waals surface area contributed by atoms with E-state index in [1.165, 1.54) is 6.07 Å². The van der Waals surface area contributed by atoms with E-state index in [-0.39, 0.29) is 28.8 Å². The quantitative estimate of drug-likeness (QED) is 0.470. The summed E-state index contributed by atoms with van der Waals surface area (Å²) in [5.74, 6) is 0.442. The third kappa shape index (κ3) is 2.38. The second-order valence-electron chi connectivity index (χ2n) is 5.31. The average Bonchev–Trinajstić information content (AvgIpc) is 2.45. The molecule has 1 saturated heterocycles. The van der Waals surface area contributed by atoms with E-state index in [9.17, 15) is 10.1 Å². The minimum atomic E-state index is -0.388. The summed E-state index contributed by atoms with van der Waals surface area (Å²) in [6, 6.07) is 4.99. The number of non-ortho nitro benzene ring substituents is 1. The number of nitrogens with two attached hydrogens (primary N) is 1. The molecule has 0 amide bonds. The molecule has 0 aromatic heterocycles. The van der Waals surface area contributed by atoms with E-state index >= 15 is 0 Å². The number of nitrogens with one attached hydrogen (secondary N) is 1. The number of nitrogens with zero attached hydrogens (tertiary/aromatic N) is 1. The number of halogens is 1. The van der Waals surface area contributed by atoms with Crippen LogP contribution in [0.15, 0.2) is 18.2 Å². The highest BCUT2D eigenvalue weighted by Gasteiger charge is 2.50. The summed E-state index contributed by atoms with van der Waals surface area (Å²) < 4.78 is 6.60. The maximum absolute atomic E-state index is 10.7. The van der Waals surface area contributed by atoms with Crippen LogP contribution in [-0.2, 0) is 4.74 Å². The lowest BCUT2D eigenvalue weighted by molar-refractivity contribution is -0.384. The SMILES string of the molecule is NC1C2CCCOC2C1Nc1ccc([N+](=O)[O-])cc1I. The van der Waals surface area contributed by atoms with Gasteiger partial charge in [0, 0.05) is 40.0 Å². The number of benzene rings is 1. The summed E-state index contributed by atoms with van der Waals surface area (Å²) in [7, 11) is 0. The molecule has 1 aliphatic heterocycles. The normalized spacial score (nSPS) is 32.1. The molecular formula is C13H16IN3O3. The molecule has 1 aromatic carbocycles. The van der Waals surface area contributed by atoms with E-state index in [4.69, 9.17) is 10.5 Å². The molecule has 2 fully saturated rings. The Morgan fingerprint density at radius 2 is 2.30 bits per heavy atom. The zero-order valence-corrected chi connectivity index (χ0v) is 12.9. The number of ether oxygens (including phenoxy) is 1. The van der Waals surface area contributed by atoms with Gasteiger partial charge in [0.15, 0.2) is 0 Å². The fourth-order valence-corrected chi connectivity index (χ4v) is 3.69.